The van der Waals surface area contributed by atoms with Crippen LogP contribution < -0.4 is 35.3 Å². The number of ether oxygens (including phenoxy) is 5. The SMILES string of the molecule is CC(=O)OC(C)=O.CC(=O)OCC(O)CS(=O)(=O)CCC(C)(C)C.CC(=O)OCC(O)CS(=O)(=O)CCC(C)(C)C.CC(=O)OCC(O)CS(=O)(=O)CCC(C)(C)N.CC(=O)SCCC(C)(C)C.CC(C)(C)CCS.CC(C)(C)CCS(=O)(=O)CC(O)CO.CC(C)(C)CCSCC(O)CO.CC(C)(C)OCl.OCC1CO1.[Na+].[OH-]. The zero-order chi connectivity index (χ0) is 91.0. The number of hydrogen-bond donors (Lipinski definition) is 10. The van der Waals surface area contributed by atoms with E-state index in [1.165, 1.54) is 52.8 Å². The van der Waals surface area contributed by atoms with Crippen LogP contribution in [-0.4, -0.2) is 278 Å². The summed E-state index contributed by atoms with van der Waals surface area (Å²) < 4.78 is 119. The number of sulfone groups is 4. The zero-order valence-corrected chi connectivity index (χ0v) is 83.4. The van der Waals surface area contributed by atoms with Crippen molar-refractivity contribution in [2.45, 2.75) is 293 Å². The molecule has 1 aliphatic heterocycles. The molecule has 6 atom stereocenters. The summed E-state index contributed by atoms with van der Waals surface area (Å²) in [5, 5.41) is 71.5. The van der Waals surface area contributed by atoms with Crippen LogP contribution in [0.3, 0.4) is 0 Å². The number of nitrogens with two attached hydrogens (primary N) is 1. The smallest absolute Gasteiger partial charge is 0.870 e. The largest absolute Gasteiger partial charge is 1.00 e. The van der Waals surface area contributed by atoms with E-state index in [1.54, 1.807) is 32.5 Å². The minimum Gasteiger partial charge on any atom is -0.870 e. The van der Waals surface area contributed by atoms with Crippen LogP contribution in [0.25, 0.3) is 0 Å². The van der Waals surface area contributed by atoms with Crippen molar-refractivity contribution in [1.82, 2.24) is 0 Å². The third-order valence-corrected chi connectivity index (χ3v) is 22.1. The molecule has 30 nitrogen and oxygen atoms in total. The van der Waals surface area contributed by atoms with Crippen molar-refractivity contribution in [3.05, 3.63) is 0 Å². The van der Waals surface area contributed by atoms with Gasteiger partial charge < -0.3 is 75.7 Å². The Hall–Kier alpha value is -1.12. The molecule has 6 unspecified atom stereocenters. The molecule has 686 valence electrons. The number of aliphatic hydroxyl groups is 8. The first-order chi connectivity index (χ1) is 49.8. The van der Waals surface area contributed by atoms with Crippen LogP contribution in [-0.2, 0) is 96.1 Å². The summed E-state index contributed by atoms with van der Waals surface area (Å²) in [5.41, 5.74) is 5.98. The van der Waals surface area contributed by atoms with Crippen LogP contribution in [0.4, 0.5) is 0 Å². The molecule has 0 saturated carbocycles. The van der Waals surface area contributed by atoms with Crippen molar-refractivity contribution in [1.29, 1.82) is 0 Å². The molecular weight excluding hydrogens is 1660 g/mol. The number of carbonyl (C=O) groups excluding carboxylic acids is 6. The first kappa shape index (κ1) is 136. The molecule has 1 rings (SSSR count). The monoisotopic (exact) mass is 1820 g/mol. The molecule has 1 heterocycles. The van der Waals surface area contributed by atoms with Gasteiger partial charge in [-0.25, -0.2) is 33.7 Å². The van der Waals surface area contributed by atoms with Gasteiger partial charge in [0.25, 0.3) is 0 Å². The quantitative estimate of drug-likeness (QED) is 0.00686. The molecule has 0 aliphatic carbocycles. The summed E-state index contributed by atoms with van der Waals surface area (Å²) >= 11 is 12.2. The number of aliphatic hydroxyl groups excluding tert-OH is 8. The molecule has 0 aromatic heterocycles. The number of thioether (sulfide) groups is 2. The number of esters is 5. The predicted octanol–water partition coefficient (Wildman–Crippen LogP) is 5.99. The Bertz CT molecular complexity index is 2750. The van der Waals surface area contributed by atoms with Gasteiger partial charge in [-0.05, 0) is 124 Å². The Morgan fingerprint density at radius 1 is 0.447 bits per heavy atom. The van der Waals surface area contributed by atoms with Crippen LogP contribution in [0.2, 0.25) is 0 Å². The van der Waals surface area contributed by atoms with Crippen LogP contribution in [0.15, 0.2) is 0 Å². The van der Waals surface area contributed by atoms with Crippen LogP contribution in [0, 0.1) is 32.5 Å². The number of epoxide rings is 1. The van der Waals surface area contributed by atoms with Crippen molar-refractivity contribution < 1.29 is 166 Å². The fraction of sp³-hybridized carbons (Fsp3) is 0.920. The number of halogens is 1. The minimum atomic E-state index is -3.38. The second-order valence-corrected chi connectivity index (χ2v) is 47.6. The van der Waals surface area contributed by atoms with Gasteiger partial charge in [0.05, 0.1) is 102 Å². The topological polar surface area (TPSA) is 516 Å². The summed E-state index contributed by atoms with van der Waals surface area (Å²) in [6.45, 7) is 53.7. The summed E-state index contributed by atoms with van der Waals surface area (Å²) in [4.78, 5) is 61.6. The molecule has 1 saturated heterocycles. The molecule has 0 aromatic rings. The molecule has 0 spiro atoms. The van der Waals surface area contributed by atoms with Crippen molar-refractivity contribution in [3.8, 4) is 0 Å². The van der Waals surface area contributed by atoms with Crippen LogP contribution >= 0.6 is 48.0 Å². The summed E-state index contributed by atoms with van der Waals surface area (Å²) in [6, 6.07) is 0. The number of carbonyl (C=O) groups is 6. The maximum absolute atomic E-state index is 11.6. The van der Waals surface area contributed by atoms with E-state index >= 15 is 0 Å². The third-order valence-electron chi connectivity index (χ3n) is 12.6. The first-order valence-electron chi connectivity index (χ1n) is 36.9. The molecule has 11 N–H and O–H groups in total. The second kappa shape index (κ2) is 69.3. The van der Waals surface area contributed by atoms with E-state index in [4.69, 9.17) is 43.1 Å². The van der Waals surface area contributed by atoms with E-state index in [9.17, 15) is 77.8 Å². The first-order valence-corrected chi connectivity index (χ1v) is 47.3. The number of rotatable bonds is 33. The Balaban J connectivity index is -0.000000117. The van der Waals surface area contributed by atoms with Gasteiger partial charge in [-0.3, -0.25) is 33.1 Å². The molecule has 1 fully saturated rings. The fourth-order valence-corrected chi connectivity index (χ4v) is 16.0. The Kier molecular flexibility index (Phi) is 82.8. The summed E-state index contributed by atoms with van der Waals surface area (Å²) in [6.07, 6.45) is 0.416. The van der Waals surface area contributed by atoms with Gasteiger partial charge in [0.15, 0.2) is 44.5 Å². The third kappa shape index (κ3) is 143. The predicted molar refractivity (Wildman–Crippen MR) is 458 cm³/mol. The van der Waals surface area contributed by atoms with Crippen molar-refractivity contribution in [2.75, 3.05) is 115 Å². The van der Waals surface area contributed by atoms with E-state index < -0.39 is 118 Å². The van der Waals surface area contributed by atoms with Gasteiger partial charge in [0, 0.05) is 58.6 Å². The molecule has 0 radical (unpaired) electrons. The second-order valence-electron chi connectivity index (χ2n) is 35.7. The Labute approximate surface area is 729 Å². The van der Waals surface area contributed by atoms with Gasteiger partial charge in [0.2, 0.25) is 0 Å². The van der Waals surface area contributed by atoms with Gasteiger partial charge in [0.1, 0.15) is 44.2 Å². The average Bonchev–Trinajstić information content (AvgIpc) is 0.966. The molecule has 114 heavy (non-hydrogen) atoms. The van der Waals surface area contributed by atoms with E-state index in [-0.39, 0.29) is 141 Å². The number of hydrogen-bond acceptors (Lipinski definition) is 33. The van der Waals surface area contributed by atoms with E-state index in [1.807, 2.05) is 83.1 Å². The zero-order valence-electron chi connectivity index (χ0n) is 74.9. The maximum Gasteiger partial charge on any atom is 1.00 e. The van der Waals surface area contributed by atoms with E-state index in [0.717, 1.165) is 36.7 Å². The van der Waals surface area contributed by atoms with Crippen molar-refractivity contribution >= 4 is 122 Å². The van der Waals surface area contributed by atoms with E-state index in [0.29, 0.717) is 47.7 Å². The minimum absolute atomic E-state index is 0. The Morgan fingerprint density at radius 3 is 0.868 bits per heavy atom. The molecule has 0 bridgehead atoms. The van der Waals surface area contributed by atoms with Gasteiger partial charge in [-0.1, -0.05) is 136 Å². The van der Waals surface area contributed by atoms with Gasteiger partial charge >= 0.3 is 59.4 Å². The fourth-order valence-electron chi connectivity index (χ4n) is 6.01. The van der Waals surface area contributed by atoms with Gasteiger partial charge in [-0.2, -0.15) is 24.4 Å². The standard InChI is InChI=1S/2C11H22O5S.C10H21NO5S.C9H20O4S.C9H20O2S.C8H16OS.C6H14S.C4H9ClO.C4H6O3.C3H6O2.Na.H2O/c2*1-9(12)16-7-10(13)8-17(14,15)6-5-11(2,3)4;1-8(12)16-6-9(13)7-17(14,15)5-4-10(2,3)11;1-9(2,3)4-5-14(12,13)7-8(11)6-10;1-9(2,3)4-5-12-7-8(11)6-10;1-7(9)10-6-5-8(2,3)4;1-6(2,3)4-5-7;1-4(2,3)6-5;1-3(5)7-4(2)6;4-1-3-2-5-3;;/h2*10,13H,5-8H2,1-4H3;9,13H,4-7,11H2,1-3H3;8,10-11H,4-7H2,1-3H3;8,10-11H,4-7H2,1-3H3;5-6H2,1-4H3;7H,4-5H2,1-3H3;1-3H3;1-2H3;3-4H,1-2H2;;1H2/q;;;;;;;;;;+1;/p-1. The molecule has 1 aliphatic rings. The van der Waals surface area contributed by atoms with Crippen molar-refractivity contribution in [2.24, 2.45) is 38.2 Å². The average molecular weight is 1820 g/mol. The molecule has 0 amide bonds. The molecule has 39 heteroatoms. The maximum atomic E-state index is 11.6. The van der Waals surface area contributed by atoms with Crippen LogP contribution in [0.5, 0.6) is 0 Å². The van der Waals surface area contributed by atoms with Crippen LogP contribution in [0.1, 0.15) is 246 Å². The van der Waals surface area contributed by atoms with Crippen molar-refractivity contribution in [3.63, 3.8) is 0 Å². The van der Waals surface area contributed by atoms with E-state index in [2.05, 4.69) is 103 Å². The summed E-state index contributed by atoms with van der Waals surface area (Å²) in [7, 11) is -13.2. The molecular formula is C75H157ClNNaO29S7. The normalized spacial score (nSPS) is 14.3. The summed E-state index contributed by atoms with van der Waals surface area (Å²) in [5.74, 6) is -0.530. The van der Waals surface area contributed by atoms with Gasteiger partial charge in [-0.15, -0.1) is 0 Å². The number of thiol groups is 1. The Morgan fingerprint density at radius 2 is 0.702 bits per heavy atom. The molecule has 0 aromatic carbocycles.